The molecule has 1 atom stereocenters. The molecule has 0 radical (unpaired) electrons. The minimum absolute atomic E-state index is 0.519. The number of oxazole rings is 1. The molecule has 2 aromatic rings. The average Bonchev–Trinajstić information content (AvgIpc) is 2.70. The maximum absolute atomic E-state index is 5.55. The van der Waals surface area contributed by atoms with Crippen molar-refractivity contribution in [1.82, 2.24) is 15.6 Å². The fourth-order valence-corrected chi connectivity index (χ4v) is 2.35. The first-order chi connectivity index (χ1) is 8.31. The van der Waals surface area contributed by atoms with Crippen molar-refractivity contribution in [3.63, 3.8) is 0 Å². The van der Waals surface area contributed by atoms with E-state index in [0.717, 1.165) is 43.0 Å². The Balaban J connectivity index is 1.79. The first kappa shape index (κ1) is 10.7. The maximum atomic E-state index is 5.55. The van der Waals surface area contributed by atoms with Crippen LogP contribution in [-0.4, -0.2) is 30.7 Å². The second kappa shape index (κ2) is 4.47. The second-order valence-electron chi connectivity index (χ2n) is 4.59. The summed E-state index contributed by atoms with van der Waals surface area (Å²) in [4.78, 5) is 4.31. The first-order valence-corrected chi connectivity index (χ1v) is 6.11. The van der Waals surface area contributed by atoms with Crippen molar-refractivity contribution in [2.24, 2.45) is 0 Å². The Morgan fingerprint density at radius 2 is 2.35 bits per heavy atom. The lowest BCUT2D eigenvalue weighted by atomic mass is 10.0. The van der Waals surface area contributed by atoms with E-state index in [1.165, 1.54) is 5.56 Å². The molecule has 0 aliphatic carbocycles. The van der Waals surface area contributed by atoms with Gasteiger partial charge in [-0.2, -0.15) is 0 Å². The number of fused-ring (bicyclic) bond motifs is 1. The third-order valence-corrected chi connectivity index (χ3v) is 3.17. The third kappa shape index (κ3) is 2.33. The molecule has 1 aromatic carbocycles. The van der Waals surface area contributed by atoms with E-state index >= 15 is 0 Å². The quantitative estimate of drug-likeness (QED) is 0.816. The van der Waals surface area contributed by atoms with Gasteiger partial charge in [-0.1, -0.05) is 6.07 Å². The Labute approximate surface area is 100 Å². The summed E-state index contributed by atoms with van der Waals surface area (Å²) in [5, 5.41) is 6.91. The number of piperazine rings is 1. The molecule has 1 aliphatic rings. The molecule has 0 saturated carbocycles. The lowest BCUT2D eigenvalue weighted by molar-refractivity contribution is 0.416. The Morgan fingerprint density at radius 3 is 3.18 bits per heavy atom. The summed E-state index contributed by atoms with van der Waals surface area (Å²) in [6.07, 6.45) is 1.03. The minimum atomic E-state index is 0.519. The molecule has 4 nitrogen and oxygen atoms in total. The lowest BCUT2D eigenvalue weighted by Gasteiger charge is -2.24. The Morgan fingerprint density at radius 1 is 1.41 bits per heavy atom. The van der Waals surface area contributed by atoms with E-state index in [9.17, 15) is 0 Å². The fraction of sp³-hybridized carbons (Fsp3) is 0.462. The highest BCUT2D eigenvalue weighted by Crippen LogP contribution is 2.17. The number of nitrogens with one attached hydrogen (secondary N) is 2. The molecule has 3 rings (SSSR count). The van der Waals surface area contributed by atoms with E-state index in [0.29, 0.717) is 6.04 Å². The number of nitrogens with zero attached hydrogens (tertiary/aromatic N) is 1. The van der Waals surface area contributed by atoms with Crippen LogP contribution < -0.4 is 10.6 Å². The van der Waals surface area contributed by atoms with Crippen LogP contribution in [0.4, 0.5) is 0 Å². The molecule has 1 saturated heterocycles. The van der Waals surface area contributed by atoms with Gasteiger partial charge in [0.1, 0.15) is 5.52 Å². The normalized spacial score (nSPS) is 20.9. The van der Waals surface area contributed by atoms with Gasteiger partial charge in [-0.3, -0.25) is 0 Å². The van der Waals surface area contributed by atoms with Crippen molar-refractivity contribution in [3.05, 3.63) is 29.7 Å². The zero-order valence-corrected chi connectivity index (χ0v) is 9.99. The van der Waals surface area contributed by atoms with E-state index in [4.69, 9.17) is 4.42 Å². The van der Waals surface area contributed by atoms with Crippen LogP contribution in [0.3, 0.4) is 0 Å². The summed E-state index contributed by atoms with van der Waals surface area (Å²) in [7, 11) is 0. The number of rotatable bonds is 2. The van der Waals surface area contributed by atoms with Gasteiger partial charge in [-0.15, -0.1) is 0 Å². The number of hydrogen-bond donors (Lipinski definition) is 2. The Kier molecular flexibility index (Phi) is 2.82. The van der Waals surface area contributed by atoms with Crippen LogP contribution in [-0.2, 0) is 6.42 Å². The molecule has 17 heavy (non-hydrogen) atoms. The zero-order chi connectivity index (χ0) is 11.7. The van der Waals surface area contributed by atoms with Gasteiger partial charge in [-0.25, -0.2) is 4.98 Å². The predicted octanol–water partition coefficient (Wildman–Crippen LogP) is 1.24. The number of hydrogen-bond acceptors (Lipinski definition) is 4. The summed E-state index contributed by atoms with van der Waals surface area (Å²) in [6.45, 7) is 5.03. The van der Waals surface area contributed by atoms with Crippen molar-refractivity contribution in [3.8, 4) is 0 Å². The SMILES string of the molecule is Cc1nc2ccc(CC3CNCCN3)cc2o1. The van der Waals surface area contributed by atoms with Crippen LogP contribution in [0.15, 0.2) is 22.6 Å². The number of aryl methyl sites for hydroxylation is 1. The van der Waals surface area contributed by atoms with E-state index < -0.39 is 0 Å². The first-order valence-electron chi connectivity index (χ1n) is 6.11. The van der Waals surface area contributed by atoms with Crippen LogP contribution in [0.1, 0.15) is 11.5 Å². The van der Waals surface area contributed by atoms with Crippen LogP contribution in [0.25, 0.3) is 11.1 Å². The van der Waals surface area contributed by atoms with Gasteiger partial charge < -0.3 is 15.1 Å². The molecule has 0 spiro atoms. The van der Waals surface area contributed by atoms with Crippen LogP contribution in [0.5, 0.6) is 0 Å². The van der Waals surface area contributed by atoms with Crippen LogP contribution in [0, 0.1) is 6.92 Å². The van der Waals surface area contributed by atoms with E-state index in [1.54, 1.807) is 0 Å². The van der Waals surface area contributed by atoms with Gasteiger partial charge in [0, 0.05) is 32.6 Å². The third-order valence-electron chi connectivity index (χ3n) is 3.17. The largest absolute Gasteiger partial charge is 0.441 e. The van der Waals surface area contributed by atoms with Gasteiger partial charge >= 0.3 is 0 Å². The van der Waals surface area contributed by atoms with Crippen molar-refractivity contribution in [2.75, 3.05) is 19.6 Å². The van der Waals surface area contributed by atoms with E-state index in [-0.39, 0.29) is 0 Å². The van der Waals surface area contributed by atoms with Crippen LogP contribution in [0.2, 0.25) is 0 Å². The number of aromatic nitrogens is 1. The summed E-state index contributed by atoms with van der Waals surface area (Å²) >= 11 is 0. The molecule has 1 fully saturated rings. The molecule has 0 amide bonds. The molecule has 1 unspecified atom stereocenters. The summed E-state index contributed by atoms with van der Waals surface area (Å²) in [5.74, 6) is 0.731. The average molecular weight is 231 g/mol. The standard InChI is InChI=1S/C13H17N3O/c1-9-16-12-3-2-10(7-13(12)17-9)6-11-8-14-4-5-15-11/h2-3,7,11,14-15H,4-6,8H2,1H3. The summed E-state index contributed by atoms with van der Waals surface area (Å²) in [5.41, 5.74) is 3.14. The Hall–Kier alpha value is -1.39. The molecule has 90 valence electrons. The molecule has 1 aromatic heterocycles. The predicted molar refractivity (Wildman–Crippen MR) is 67.1 cm³/mol. The smallest absolute Gasteiger partial charge is 0.192 e. The van der Waals surface area contributed by atoms with Crippen LogP contribution >= 0.6 is 0 Å². The molecule has 0 bridgehead atoms. The topological polar surface area (TPSA) is 50.1 Å². The minimum Gasteiger partial charge on any atom is -0.441 e. The fourth-order valence-electron chi connectivity index (χ4n) is 2.35. The van der Waals surface area contributed by atoms with Crippen molar-refractivity contribution in [1.29, 1.82) is 0 Å². The van der Waals surface area contributed by atoms with E-state index in [2.05, 4.69) is 27.8 Å². The van der Waals surface area contributed by atoms with Gasteiger partial charge in [0.25, 0.3) is 0 Å². The van der Waals surface area contributed by atoms with E-state index in [1.807, 2.05) is 13.0 Å². The molecular formula is C13H17N3O. The second-order valence-corrected chi connectivity index (χ2v) is 4.59. The highest BCUT2D eigenvalue weighted by Gasteiger charge is 2.13. The highest BCUT2D eigenvalue weighted by atomic mass is 16.3. The van der Waals surface area contributed by atoms with Gasteiger partial charge in [-0.05, 0) is 24.1 Å². The summed E-state index contributed by atoms with van der Waals surface area (Å²) < 4.78 is 5.55. The lowest BCUT2D eigenvalue weighted by Crippen LogP contribution is -2.49. The van der Waals surface area contributed by atoms with Gasteiger partial charge in [0.15, 0.2) is 11.5 Å². The molecule has 2 heterocycles. The van der Waals surface area contributed by atoms with Gasteiger partial charge in [0.2, 0.25) is 0 Å². The maximum Gasteiger partial charge on any atom is 0.192 e. The Bertz CT molecular complexity index is 514. The number of benzene rings is 1. The monoisotopic (exact) mass is 231 g/mol. The molecular weight excluding hydrogens is 214 g/mol. The summed E-state index contributed by atoms with van der Waals surface area (Å²) in [6, 6.07) is 6.80. The van der Waals surface area contributed by atoms with Crippen molar-refractivity contribution in [2.45, 2.75) is 19.4 Å². The highest BCUT2D eigenvalue weighted by molar-refractivity contribution is 5.73. The van der Waals surface area contributed by atoms with Crippen molar-refractivity contribution < 1.29 is 4.42 Å². The molecule has 1 aliphatic heterocycles. The zero-order valence-electron chi connectivity index (χ0n) is 9.99. The molecule has 4 heteroatoms. The molecule has 2 N–H and O–H groups in total. The van der Waals surface area contributed by atoms with Gasteiger partial charge in [0.05, 0.1) is 0 Å². The van der Waals surface area contributed by atoms with Crippen molar-refractivity contribution >= 4 is 11.1 Å².